The molecule has 0 spiro atoms. The van der Waals surface area contributed by atoms with E-state index in [9.17, 15) is 19.2 Å². The fourth-order valence-electron chi connectivity index (χ4n) is 4.75. The SMILES string of the molecule is CN1CCOC(CN(C)C(=O)c2cn(-c3ccc4c(c3)CN(C3CCC(=O)NC3=O)C4=O)nn2)C1. The monoisotopic (exact) mass is 481 g/mol. The zero-order chi connectivity index (χ0) is 24.7. The van der Waals surface area contributed by atoms with E-state index >= 15 is 0 Å². The van der Waals surface area contributed by atoms with E-state index in [-0.39, 0.29) is 42.5 Å². The van der Waals surface area contributed by atoms with Gasteiger partial charge in [0.15, 0.2) is 5.69 Å². The van der Waals surface area contributed by atoms with Gasteiger partial charge in [0.05, 0.1) is 24.6 Å². The Hall–Kier alpha value is -3.64. The maximum Gasteiger partial charge on any atom is 0.275 e. The number of morpholine rings is 1. The third-order valence-electron chi connectivity index (χ3n) is 6.65. The van der Waals surface area contributed by atoms with Crippen LogP contribution < -0.4 is 5.32 Å². The third-order valence-corrected chi connectivity index (χ3v) is 6.65. The van der Waals surface area contributed by atoms with Crippen LogP contribution in [0.5, 0.6) is 0 Å². The number of fused-ring (bicyclic) bond motifs is 1. The molecule has 184 valence electrons. The van der Waals surface area contributed by atoms with Gasteiger partial charge < -0.3 is 19.4 Å². The molecule has 3 aliphatic rings. The number of ether oxygens (including phenoxy) is 1. The Morgan fingerprint density at radius 2 is 2.11 bits per heavy atom. The molecule has 2 atom stereocenters. The molecule has 4 heterocycles. The molecule has 2 aromatic rings. The first-order chi connectivity index (χ1) is 16.8. The van der Waals surface area contributed by atoms with Crippen molar-refractivity contribution in [3.05, 3.63) is 41.2 Å². The molecule has 0 aliphatic carbocycles. The van der Waals surface area contributed by atoms with E-state index in [1.165, 1.54) is 9.58 Å². The van der Waals surface area contributed by atoms with Crippen LogP contribution >= 0.6 is 0 Å². The highest BCUT2D eigenvalue weighted by atomic mass is 16.5. The highest BCUT2D eigenvalue weighted by Crippen LogP contribution is 2.29. The number of hydrogen-bond donors (Lipinski definition) is 1. The van der Waals surface area contributed by atoms with E-state index in [0.29, 0.717) is 30.8 Å². The molecule has 2 unspecified atom stereocenters. The molecule has 0 bridgehead atoms. The van der Waals surface area contributed by atoms with Gasteiger partial charge in [-0.2, -0.15) is 0 Å². The maximum absolute atomic E-state index is 12.9. The lowest BCUT2D eigenvalue weighted by Gasteiger charge is -2.32. The summed E-state index contributed by atoms with van der Waals surface area (Å²) < 4.78 is 7.24. The summed E-state index contributed by atoms with van der Waals surface area (Å²) in [6, 6.07) is 4.54. The number of benzene rings is 1. The summed E-state index contributed by atoms with van der Waals surface area (Å²) in [6.45, 7) is 2.98. The Morgan fingerprint density at radius 1 is 1.29 bits per heavy atom. The van der Waals surface area contributed by atoms with Gasteiger partial charge >= 0.3 is 0 Å². The first-order valence-corrected chi connectivity index (χ1v) is 11.6. The van der Waals surface area contributed by atoms with Gasteiger partial charge in [0, 0.05) is 45.2 Å². The summed E-state index contributed by atoms with van der Waals surface area (Å²) >= 11 is 0. The number of imide groups is 1. The van der Waals surface area contributed by atoms with E-state index < -0.39 is 11.9 Å². The van der Waals surface area contributed by atoms with E-state index in [2.05, 4.69) is 20.5 Å². The minimum absolute atomic E-state index is 0.0562. The van der Waals surface area contributed by atoms with Gasteiger partial charge in [0.25, 0.3) is 11.8 Å². The molecule has 2 saturated heterocycles. The van der Waals surface area contributed by atoms with E-state index in [0.717, 1.165) is 18.7 Å². The number of likely N-dealkylation sites (N-methyl/N-ethyl adjacent to an activating group) is 2. The largest absolute Gasteiger partial charge is 0.374 e. The van der Waals surface area contributed by atoms with E-state index in [1.807, 2.05) is 7.05 Å². The molecule has 2 fully saturated rings. The fraction of sp³-hybridized carbons (Fsp3) is 0.478. The summed E-state index contributed by atoms with van der Waals surface area (Å²) in [6.07, 6.45) is 2.01. The Bertz CT molecular complexity index is 1190. The molecular weight excluding hydrogens is 454 g/mol. The quantitative estimate of drug-likeness (QED) is 0.562. The van der Waals surface area contributed by atoms with Crippen LogP contribution in [-0.4, -0.2) is 106 Å². The molecular formula is C23H27N7O5. The zero-order valence-electron chi connectivity index (χ0n) is 19.6. The Balaban J connectivity index is 1.28. The summed E-state index contributed by atoms with van der Waals surface area (Å²) in [5.74, 6) is -1.27. The second-order valence-corrected chi connectivity index (χ2v) is 9.23. The Morgan fingerprint density at radius 3 is 2.89 bits per heavy atom. The first kappa shape index (κ1) is 23.1. The van der Waals surface area contributed by atoms with E-state index in [4.69, 9.17) is 4.74 Å². The van der Waals surface area contributed by atoms with Gasteiger partial charge in [-0.15, -0.1) is 5.10 Å². The molecule has 3 aliphatic heterocycles. The van der Waals surface area contributed by atoms with E-state index in [1.54, 1.807) is 36.3 Å². The molecule has 1 aromatic heterocycles. The molecule has 35 heavy (non-hydrogen) atoms. The second-order valence-electron chi connectivity index (χ2n) is 9.23. The van der Waals surface area contributed by atoms with Gasteiger partial charge in [-0.1, -0.05) is 5.21 Å². The number of piperidine rings is 1. The lowest BCUT2D eigenvalue weighted by Crippen LogP contribution is -2.52. The van der Waals surface area contributed by atoms with Crippen LogP contribution in [0.2, 0.25) is 0 Å². The predicted octanol–water partition coefficient (Wildman–Crippen LogP) is -0.569. The number of rotatable bonds is 5. The molecule has 1 aromatic carbocycles. The molecule has 4 amide bonds. The number of carbonyl (C=O) groups excluding carboxylic acids is 4. The predicted molar refractivity (Wildman–Crippen MR) is 122 cm³/mol. The standard InChI is InChI=1S/C23H27N7O5/c1-27-7-8-35-16(11-27)12-28(2)23(34)18-13-30(26-25-18)15-3-4-17-14(9-15)10-29(22(17)33)19-5-6-20(31)24-21(19)32/h3-4,9,13,16,19H,5-8,10-12H2,1-2H3,(H,24,31,32). The summed E-state index contributed by atoms with van der Waals surface area (Å²) in [5, 5.41) is 10.4. The average molecular weight is 482 g/mol. The molecule has 12 heteroatoms. The van der Waals surface area contributed by atoms with Crippen molar-refractivity contribution in [3.63, 3.8) is 0 Å². The third kappa shape index (κ3) is 4.54. The van der Waals surface area contributed by atoms with Crippen LogP contribution in [0.15, 0.2) is 24.4 Å². The zero-order valence-corrected chi connectivity index (χ0v) is 19.6. The summed E-state index contributed by atoms with van der Waals surface area (Å²) in [7, 11) is 3.74. The minimum atomic E-state index is -0.671. The topological polar surface area (TPSA) is 130 Å². The molecule has 1 N–H and O–H groups in total. The van der Waals surface area contributed by atoms with Crippen molar-refractivity contribution in [2.45, 2.75) is 31.5 Å². The lowest BCUT2D eigenvalue weighted by molar-refractivity contribution is -0.136. The van der Waals surface area contributed by atoms with Gasteiger partial charge in [-0.25, -0.2) is 4.68 Å². The van der Waals surface area contributed by atoms with Crippen molar-refractivity contribution in [2.75, 3.05) is 40.3 Å². The minimum Gasteiger partial charge on any atom is -0.374 e. The number of amides is 4. The van der Waals surface area contributed by atoms with Crippen molar-refractivity contribution in [2.24, 2.45) is 0 Å². The molecule has 5 rings (SSSR count). The molecule has 0 radical (unpaired) electrons. The van der Waals surface area contributed by atoms with Crippen molar-refractivity contribution in [1.82, 2.24) is 35.0 Å². The van der Waals surface area contributed by atoms with Crippen LogP contribution in [-0.2, 0) is 20.9 Å². The van der Waals surface area contributed by atoms with Crippen LogP contribution in [0, 0.1) is 0 Å². The summed E-state index contributed by atoms with van der Waals surface area (Å²) in [5.41, 5.74) is 2.11. The first-order valence-electron chi connectivity index (χ1n) is 11.6. The van der Waals surface area contributed by atoms with Crippen LogP contribution in [0.1, 0.15) is 39.3 Å². The van der Waals surface area contributed by atoms with Gasteiger partial charge in [-0.05, 0) is 37.2 Å². The van der Waals surface area contributed by atoms with Crippen LogP contribution in [0.4, 0.5) is 0 Å². The number of hydrogen-bond acceptors (Lipinski definition) is 8. The van der Waals surface area contributed by atoms with Crippen molar-refractivity contribution < 1.29 is 23.9 Å². The second kappa shape index (κ2) is 9.19. The van der Waals surface area contributed by atoms with Crippen LogP contribution in [0.3, 0.4) is 0 Å². The van der Waals surface area contributed by atoms with Crippen molar-refractivity contribution >= 4 is 23.6 Å². The van der Waals surface area contributed by atoms with Crippen LogP contribution in [0.25, 0.3) is 5.69 Å². The Labute approximate surface area is 201 Å². The maximum atomic E-state index is 12.9. The van der Waals surface area contributed by atoms with Crippen molar-refractivity contribution in [1.29, 1.82) is 0 Å². The molecule has 0 saturated carbocycles. The highest BCUT2D eigenvalue weighted by molar-refractivity contribution is 6.05. The Kier molecular flexibility index (Phi) is 6.07. The number of aromatic nitrogens is 3. The van der Waals surface area contributed by atoms with Crippen molar-refractivity contribution in [3.8, 4) is 5.69 Å². The summed E-state index contributed by atoms with van der Waals surface area (Å²) in [4.78, 5) is 54.7. The number of carbonyl (C=O) groups is 4. The normalized spacial score (nSPS) is 22.8. The average Bonchev–Trinajstić information content (AvgIpc) is 3.44. The fourth-order valence-corrected chi connectivity index (χ4v) is 4.75. The highest BCUT2D eigenvalue weighted by Gasteiger charge is 2.39. The van der Waals surface area contributed by atoms with Gasteiger partial charge in [-0.3, -0.25) is 24.5 Å². The number of nitrogens with zero attached hydrogens (tertiary/aromatic N) is 6. The van der Waals surface area contributed by atoms with Gasteiger partial charge in [0.1, 0.15) is 6.04 Å². The smallest absolute Gasteiger partial charge is 0.275 e. The number of nitrogens with one attached hydrogen (secondary N) is 1. The van der Waals surface area contributed by atoms with Gasteiger partial charge in [0.2, 0.25) is 11.8 Å². The lowest BCUT2D eigenvalue weighted by atomic mass is 10.0. The molecule has 12 nitrogen and oxygen atoms in total.